The van der Waals surface area contributed by atoms with Crippen molar-refractivity contribution in [3.63, 3.8) is 0 Å². The topological polar surface area (TPSA) is 38.3 Å². The van der Waals surface area contributed by atoms with Crippen molar-refractivity contribution in [1.29, 1.82) is 0 Å². The second-order valence-corrected chi connectivity index (χ2v) is 5.71. The van der Waals surface area contributed by atoms with Gasteiger partial charge >= 0.3 is 0 Å². The normalized spacial score (nSPS) is 12.3. The van der Waals surface area contributed by atoms with Crippen molar-refractivity contribution in [2.24, 2.45) is 5.92 Å². The predicted octanol–water partition coefficient (Wildman–Crippen LogP) is 3.16. The summed E-state index contributed by atoms with van der Waals surface area (Å²) in [5.41, 5.74) is 1.000. The zero-order valence-corrected chi connectivity index (χ0v) is 13.4. The van der Waals surface area contributed by atoms with E-state index in [1.807, 2.05) is 24.3 Å². The number of nitrogens with one attached hydrogen (secondary N) is 1. The fourth-order valence-electron chi connectivity index (χ4n) is 1.88. The summed E-state index contributed by atoms with van der Waals surface area (Å²) in [6, 6.07) is 7.83. The molecule has 3 nitrogen and oxygen atoms in total. The fourth-order valence-corrected chi connectivity index (χ4v) is 2.37. The first-order valence-electron chi connectivity index (χ1n) is 6.55. The summed E-state index contributed by atoms with van der Waals surface area (Å²) in [6.07, 6.45) is 1.36. The molecule has 0 saturated carbocycles. The molecule has 0 aliphatic heterocycles. The molecule has 0 saturated heterocycles. The van der Waals surface area contributed by atoms with E-state index in [0.717, 1.165) is 23.1 Å². The number of carbonyl (C=O) groups is 1. The van der Waals surface area contributed by atoms with Gasteiger partial charge in [-0.15, -0.1) is 0 Å². The SMILES string of the molecule is COc1ccc(CC(=O)NC(CCBr)C(C)C)cc1. The van der Waals surface area contributed by atoms with Gasteiger partial charge in [0.05, 0.1) is 13.5 Å². The van der Waals surface area contributed by atoms with Crippen molar-refractivity contribution in [2.45, 2.75) is 32.7 Å². The number of rotatable bonds is 7. The molecule has 0 bridgehead atoms. The number of amides is 1. The smallest absolute Gasteiger partial charge is 0.224 e. The number of hydrogen-bond acceptors (Lipinski definition) is 2. The van der Waals surface area contributed by atoms with Crippen molar-refractivity contribution in [3.8, 4) is 5.75 Å². The van der Waals surface area contributed by atoms with Crippen LogP contribution in [0.4, 0.5) is 0 Å². The van der Waals surface area contributed by atoms with Crippen LogP contribution in [0.5, 0.6) is 5.75 Å². The molecule has 0 aliphatic rings. The van der Waals surface area contributed by atoms with Gasteiger partial charge in [0.2, 0.25) is 5.91 Å². The van der Waals surface area contributed by atoms with Crippen LogP contribution < -0.4 is 10.1 Å². The largest absolute Gasteiger partial charge is 0.497 e. The van der Waals surface area contributed by atoms with Gasteiger partial charge in [0.25, 0.3) is 0 Å². The number of ether oxygens (including phenoxy) is 1. The maximum atomic E-state index is 12.0. The molecular formula is C15H22BrNO2. The highest BCUT2D eigenvalue weighted by Gasteiger charge is 2.15. The summed E-state index contributed by atoms with van der Waals surface area (Å²) < 4.78 is 5.10. The molecule has 0 spiro atoms. The minimum Gasteiger partial charge on any atom is -0.497 e. The fraction of sp³-hybridized carbons (Fsp3) is 0.533. The minimum atomic E-state index is 0.0739. The molecule has 106 valence electrons. The molecule has 0 aromatic heterocycles. The Morgan fingerprint density at radius 3 is 2.42 bits per heavy atom. The van der Waals surface area contributed by atoms with E-state index in [9.17, 15) is 4.79 Å². The average molecular weight is 328 g/mol. The van der Waals surface area contributed by atoms with Crippen LogP contribution in [0.3, 0.4) is 0 Å². The van der Waals surface area contributed by atoms with Crippen LogP contribution in [-0.2, 0) is 11.2 Å². The van der Waals surface area contributed by atoms with Crippen LogP contribution in [0.2, 0.25) is 0 Å². The summed E-state index contributed by atoms with van der Waals surface area (Å²) in [5.74, 6) is 1.32. The van der Waals surface area contributed by atoms with E-state index in [1.54, 1.807) is 7.11 Å². The molecule has 1 rings (SSSR count). The van der Waals surface area contributed by atoms with Crippen LogP contribution in [0.15, 0.2) is 24.3 Å². The van der Waals surface area contributed by atoms with E-state index in [-0.39, 0.29) is 11.9 Å². The predicted molar refractivity (Wildman–Crippen MR) is 81.9 cm³/mol. The highest BCUT2D eigenvalue weighted by molar-refractivity contribution is 9.09. The molecule has 19 heavy (non-hydrogen) atoms. The number of alkyl halides is 1. The first-order valence-corrected chi connectivity index (χ1v) is 7.67. The van der Waals surface area contributed by atoms with Gasteiger partial charge in [-0.1, -0.05) is 41.9 Å². The summed E-state index contributed by atoms with van der Waals surface area (Å²) >= 11 is 3.43. The molecule has 1 aromatic rings. The highest BCUT2D eigenvalue weighted by Crippen LogP contribution is 2.12. The van der Waals surface area contributed by atoms with Gasteiger partial charge in [-0.2, -0.15) is 0 Å². The summed E-state index contributed by atoms with van der Waals surface area (Å²) in [6.45, 7) is 4.25. The molecule has 4 heteroatoms. The van der Waals surface area contributed by atoms with Gasteiger partial charge in [0.1, 0.15) is 5.75 Å². The summed E-state index contributed by atoms with van der Waals surface area (Å²) in [7, 11) is 1.63. The van der Waals surface area contributed by atoms with E-state index in [4.69, 9.17) is 4.74 Å². The Labute approximate surface area is 123 Å². The van der Waals surface area contributed by atoms with Crippen LogP contribution in [-0.4, -0.2) is 24.4 Å². The zero-order valence-electron chi connectivity index (χ0n) is 11.8. The maximum absolute atomic E-state index is 12.0. The Bertz CT molecular complexity index is 390. The number of benzene rings is 1. The lowest BCUT2D eigenvalue weighted by molar-refractivity contribution is -0.121. The Morgan fingerprint density at radius 2 is 1.95 bits per heavy atom. The third-order valence-corrected chi connectivity index (χ3v) is 3.55. The third kappa shape index (κ3) is 5.64. The number of hydrogen-bond donors (Lipinski definition) is 1. The number of halogens is 1. The Hall–Kier alpha value is -1.03. The molecule has 1 atom stereocenters. The van der Waals surface area contributed by atoms with Gasteiger partial charge < -0.3 is 10.1 Å². The summed E-state index contributed by atoms with van der Waals surface area (Å²) in [4.78, 5) is 12.0. The summed E-state index contributed by atoms with van der Waals surface area (Å²) in [5, 5.41) is 4.00. The first-order chi connectivity index (χ1) is 9.06. The van der Waals surface area contributed by atoms with E-state index in [0.29, 0.717) is 12.3 Å². The van der Waals surface area contributed by atoms with Gasteiger partial charge in [-0.05, 0) is 30.0 Å². The Kier molecular flexibility index (Phi) is 6.92. The van der Waals surface area contributed by atoms with E-state index < -0.39 is 0 Å². The van der Waals surface area contributed by atoms with Crippen LogP contribution in [0, 0.1) is 5.92 Å². The lowest BCUT2D eigenvalue weighted by Crippen LogP contribution is -2.39. The van der Waals surface area contributed by atoms with Crippen molar-refractivity contribution in [2.75, 3.05) is 12.4 Å². The molecule has 1 unspecified atom stereocenters. The van der Waals surface area contributed by atoms with E-state index in [2.05, 4.69) is 35.1 Å². The lowest BCUT2D eigenvalue weighted by atomic mass is 10.0. The number of methoxy groups -OCH3 is 1. The average Bonchev–Trinajstić information content (AvgIpc) is 2.39. The van der Waals surface area contributed by atoms with Crippen molar-refractivity contribution in [3.05, 3.63) is 29.8 Å². The molecule has 0 radical (unpaired) electrons. The highest BCUT2D eigenvalue weighted by atomic mass is 79.9. The molecule has 1 N–H and O–H groups in total. The van der Waals surface area contributed by atoms with E-state index >= 15 is 0 Å². The van der Waals surface area contributed by atoms with Gasteiger partial charge in [0, 0.05) is 11.4 Å². The van der Waals surface area contributed by atoms with Crippen molar-refractivity contribution < 1.29 is 9.53 Å². The Balaban J connectivity index is 2.53. The standard InChI is InChI=1S/C15H22BrNO2/c1-11(2)14(8-9-16)17-15(18)10-12-4-6-13(19-3)7-5-12/h4-7,11,14H,8-10H2,1-3H3,(H,17,18). The van der Waals surface area contributed by atoms with Gasteiger partial charge in [-0.3, -0.25) is 4.79 Å². The zero-order chi connectivity index (χ0) is 14.3. The molecule has 0 heterocycles. The van der Waals surface area contributed by atoms with Crippen LogP contribution in [0.25, 0.3) is 0 Å². The first kappa shape index (κ1) is 16.0. The molecular weight excluding hydrogens is 306 g/mol. The maximum Gasteiger partial charge on any atom is 0.224 e. The second-order valence-electron chi connectivity index (χ2n) is 4.92. The molecule has 0 fully saturated rings. The lowest BCUT2D eigenvalue weighted by Gasteiger charge is -2.21. The number of carbonyl (C=O) groups excluding carboxylic acids is 1. The van der Waals surface area contributed by atoms with Gasteiger partial charge in [-0.25, -0.2) is 0 Å². The van der Waals surface area contributed by atoms with Crippen molar-refractivity contribution >= 4 is 21.8 Å². The van der Waals surface area contributed by atoms with E-state index in [1.165, 1.54) is 0 Å². The third-order valence-electron chi connectivity index (χ3n) is 3.09. The monoisotopic (exact) mass is 327 g/mol. The molecule has 1 aromatic carbocycles. The quantitative estimate of drug-likeness (QED) is 0.781. The molecule has 0 aliphatic carbocycles. The van der Waals surface area contributed by atoms with Gasteiger partial charge in [0.15, 0.2) is 0 Å². The minimum absolute atomic E-state index is 0.0739. The van der Waals surface area contributed by atoms with Crippen LogP contribution >= 0.6 is 15.9 Å². The van der Waals surface area contributed by atoms with Crippen LogP contribution in [0.1, 0.15) is 25.8 Å². The second kappa shape index (κ2) is 8.20. The van der Waals surface area contributed by atoms with Crippen molar-refractivity contribution in [1.82, 2.24) is 5.32 Å². The Morgan fingerprint density at radius 1 is 1.32 bits per heavy atom. The molecule has 1 amide bonds.